The Hall–Kier alpha value is -3.61. The second kappa shape index (κ2) is 8.39. The third-order valence-electron chi connectivity index (χ3n) is 6.02. The van der Waals surface area contributed by atoms with Gasteiger partial charge in [0.05, 0.1) is 35.0 Å². The number of alkyl halides is 3. The lowest BCUT2D eigenvalue weighted by molar-refractivity contribution is -0.137. The molecule has 10 heteroatoms. The third-order valence-corrected chi connectivity index (χ3v) is 6.02. The standard InChI is InChI=1S/C23H20F4N4O2/c1-13(32)29-19-9-8-16(11-18(19)24)31-21-5-3-2-4-20(21)30(22(31)33)15-7-6-14(12-28)17(10-15)23(25,26)27/h6-11,20-21H,2-5H2,1H3,(H,29,32)/t20-,21-/m1/s1. The maximum atomic E-state index is 14.6. The van der Waals surface area contributed by atoms with E-state index in [0.29, 0.717) is 12.8 Å². The quantitative estimate of drug-likeness (QED) is 0.621. The molecule has 0 spiro atoms. The molecule has 33 heavy (non-hydrogen) atoms. The zero-order chi connectivity index (χ0) is 23.9. The SMILES string of the molecule is CC(=O)Nc1ccc(N2C(=O)N(c3ccc(C#N)c(C(F)(F)F)c3)[C@@H]3CCCC[C@H]32)cc1F. The largest absolute Gasteiger partial charge is 0.417 e. The first-order chi connectivity index (χ1) is 15.6. The average Bonchev–Trinajstić information content (AvgIpc) is 3.05. The van der Waals surface area contributed by atoms with Gasteiger partial charge in [-0.2, -0.15) is 18.4 Å². The molecule has 0 aromatic heterocycles. The molecule has 0 unspecified atom stereocenters. The minimum absolute atomic E-state index is 0.0307. The first kappa shape index (κ1) is 22.6. The molecule has 0 radical (unpaired) electrons. The maximum Gasteiger partial charge on any atom is 0.417 e. The van der Waals surface area contributed by atoms with Crippen LogP contribution in [-0.2, 0) is 11.0 Å². The summed E-state index contributed by atoms with van der Waals surface area (Å²) in [6.45, 7) is 1.24. The van der Waals surface area contributed by atoms with Crippen LogP contribution in [0.4, 0.5) is 39.4 Å². The molecular weight excluding hydrogens is 440 g/mol. The van der Waals surface area contributed by atoms with Crippen molar-refractivity contribution in [2.45, 2.75) is 50.9 Å². The summed E-state index contributed by atoms with van der Waals surface area (Å²) in [5.74, 6) is -1.17. The highest BCUT2D eigenvalue weighted by molar-refractivity contribution is 6.08. The topological polar surface area (TPSA) is 76.4 Å². The summed E-state index contributed by atoms with van der Waals surface area (Å²) >= 11 is 0. The van der Waals surface area contributed by atoms with Crippen molar-refractivity contribution in [2.24, 2.45) is 0 Å². The summed E-state index contributed by atoms with van der Waals surface area (Å²) in [7, 11) is 0. The number of hydrogen-bond donors (Lipinski definition) is 1. The molecule has 2 fully saturated rings. The molecule has 2 aliphatic rings. The number of nitrogens with one attached hydrogen (secondary N) is 1. The van der Waals surface area contributed by atoms with Crippen LogP contribution in [0.15, 0.2) is 36.4 Å². The molecule has 2 aromatic rings. The zero-order valence-corrected chi connectivity index (χ0v) is 17.6. The third kappa shape index (κ3) is 4.11. The van der Waals surface area contributed by atoms with E-state index in [1.54, 1.807) is 6.07 Å². The van der Waals surface area contributed by atoms with E-state index >= 15 is 0 Å². The lowest BCUT2D eigenvalue weighted by Gasteiger charge is -2.32. The van der Waals surface area contributed by atoms with Crippen molar-refractivity contribution in [3.05, 3.63) is 53.3 Å². The Bertz CT molecular complexity index is 1160. The first-order valence-corrected chi connectivity index (χ1v) is 10.4. The molecule has 1 aliphatic heterocycles. The predicted molar refractivity (Wildman–Crippen MR) is 113 cm³/mol. The predicted octanol–water partition coefficient (Wildman–Crippen LogP) is 5.43. The summed E-state index contributed by atoms with van der Waals surface area (Å²) in [6, 6.07) is 7.46. The van der Waals surface area contributed by atoms with Gasteiger partial charge in [-0.3, -0.25) is 14.6 Å². The van der Waals surface area contributed by atoms with E-state index in [1.807, 2.05) is 0 Å². The molecule has 1 saturated carbocycles. The molecule has 1 N–H and O–H groups in total. The smallest absolute Gasteiger partial charge is 0.324 e. The summed E-state index contributed by atoms with van der Waals surface area (Å²) in [6.07, 6.45) is -1.92. The molecule has 172 valence electrons. The highest BCUT2D eigenvalue weighted by Gasteiger charge is 2.48. The van der Waals surface area contributed by atoms with E-state index in [2.05, 4.69) is 5.32 Å². The molecule has 4 rings (SSSR count). The molecule has 1 aliphatic carbocycles. The van der Waals surface area contributed by atoms with Crippen molar-refractivity contribution in [3.8, 4) is 6.07 Å². The number of urea groups is 1. The lowest BCUT2D eigenvalue weighted by Crippen LogP contribution is -2.40. The van der Waals surface area contributed by atoms with Crippen LogP contribution in [0.3, 0.4) is 0 Å². The molecule has 3 amide bonds. The molecule has 2 atom stereocenters. The summed E-state index contributed by atoms with van der Waals surface area (Å²) < 4.78 is 55.1. The molecule has 2 aromatic carbocycles. The number of rotatable bonds is 3. The van der Waals surface area contributed by atoms with Crippen LogP contribution < -0.4 is 15.1 Å². The minimum atomic E-state index is -4.75. The van der Waals surface area contributed by atoms with E-state index < -0.39 is 41.1 Å². The minimum Gasteiger partial charge on any atom is -0.324 e. The van der Waals surface area contributed by atoms with Crippen molar-refractivity contribution in [2.75, 3.05) is 15.1 Å². The second-order valence-electron chi connectivity index (χ2n) is 8.13. The van der Waals surface area contributed by atoms with Crippen LogP contribution >= 0.6 is 0 Å². The number of amides is 3. The number of hydrogen-bond acceptors (Lipinski definition) is 3. The van der Waals surface area contributed by atoms with Crippen molar-refractivity contribution < 1.29 is 27.2 Å². The first-order valence-electron chi connectivity index (χ1n) is 10.4. The summed E-state index contributed by atoms with van der Waals surface area (Å²) in [5, 5.41) is 11.4. The number of halogens is 4. The van der Waals surface area contributed by atoms with Crippen LogP contribution in [0.25, 0.3) is 0 Å². The normalized spacial score (nSPS) is 20.4. The van der Waals surface area contributed by atoms with E-state index in [9.17, 15) is 27.2 Å². The molecule has 6 nitrogen and oxygen atoms in total. The van der Waals surface area contributed by atoms with Gasteiger partial charge in [-0.15, -0.1) is 0 Å². The van der Waals surface area contributed by atoms with Crippen LogP contribution in [0.5, 0.6) is 0 Å². The van der Waals surface area contributed by atoms with E-state index in [1.165, 1.54) is 34.9 Å². The Kier molecular flexibility index (Phi) is 5.74. The fraction of sp³-hybridized carbons (Fsp3) is 0.348. The zero-order valence-electron chi connectivity index (χ0n) is 17.6. The summed E-state index contributed by atoms with van der Waals surface area (Å²) in [5.41, 5.74) is -1.36. The van der Waals surface area contributed by atoms with Gasteiger partial charge in [-0.05, 0) is 49.2 Å². The average molecular weight is 460 g/mol. The molecular formula is C23H20F4N4O2. The van der Waals surface area contributed by atoms with Gasteiger partial charge in [0.2, 0.25) is 5.91 Å². The number of fused-ring (bicyclic) bond motifs is 1. The number of benzene rings is 2. The molecule has 1 saturated heterocycles. The lowest BCUT2D eigenvalue weighted by atomic mass is 9.89. The Morgan fingerprint density at radius 1 is 1.06 bits per heavy atom. The number of carbonyl (C=O) groups is 2. The van der Waals surface area contributed by atoms with E-state index in [4.69, 9.17) is 5.26 Å². The number of nitrogens with zero attached hydrogens (tertiary/aromatic N) is 3. The molecule has 0 bridgehead atoms. The van der Waals surface area contributed by atoms with Crippen LogP contribution in [-0.4, -0.2) is 24.0 Å². The van der Waals surface area contributed by atoms with Gasteiger partial charge in [0.15, 0.2) is 0 Å². The van der Waals surface area contributed by atoms with Crippen molar-refractivity contribution >= 4 is 29.0 Å². The van der Waals surface area contributed by atoms with Crippen LogP contribution in [0.2, 0.25) is 0 Å². The second-order valence-corrected chi connectivity index (χ2v) is 8.13. The monoisotopic (exact) mass is 460 g/mol. The highest BCUT2D eigenvalue weighted by atomic mass is 19.4. The number of nitriles is 1. The Labute approximate surface area is 187 Å². The van der Waals surface area contributed by atoms with E-state index in [-0.39, 0.29) is 23.1 Å². The van der Waals surface area contributed by atoms with Gasteiger partial charge in [0, 0.05) is 18.3 Å². The number of anilines is 3. The van der Waals surface area contributed by atoms with Crippen LogP contribution in [0.1, 0.15) is 43.7 Å². The van der Waals surface area contributed by atoms with Crippen molar-refractivity contribution in [1.29, 1.82) is 5.26 Å². The Morgan fingerprint density at radius 2 is 1.64 bits per heavy atom. The van der Waals surface area contributed by atoms with Gasteiger partial charge in [-0.1, -0.05) is 12.8 Å². The number of carbonyl (C=O) groups excluding carboxylic acids is 2. The van der Waals surface area contributed by atoms with Gasteiger partial charge in [0.1, 0.15) is 5.82 Å². The van der Waals surface area contributed by atoms with Crippen molar-refractivity contribution in [3.63, 3.8) is 0 Å². The van der Waals surface area contributed by atoms with Gasteiger partial charge in [-0.25, -0.2) is 9.18 Å². The van der Waals surface area contributed by atoms with Gasteiger partial charge in [0.25, 0.3) is 0 Å². The van der Waals surface area contributed by atoms with E-state index in [0.717, 1.165) is 31.0 Å². The maximum absolute atomic E-state index is 14.6. The van der Waals surface area contributed by atoms with Gasteiger partial charge >= 0.3 is 12.2 Å². The van der Waals surface area contributed by atoms with Gasteiger partial charge < -0.3 is 5.32 Å². The molecule has 1 heterocycles. The Balaban J connectivity index is 1.75. The summed E-state index contributed by atoms with van der Waals surface area (Å²) in [4.78, 5) is 27.4. The fourth-order valence-electron chi connectivity index (χ4n) is 4.66. The van der Waals surface area contributed by atoms with Crippen LogP contribution in [0, 0.1) is 17.1 Å². The Morgan fingerprint density at radius 3 is 2.15 bits per heavy atom. The van der Waals surface area contributed by atoms with Crippen molar-refractivity contribution in [1.82, 2.24) is 0 Å². The fourth-order valence-corrected chi connectivity index (χ4v) is 4.66. The highest BCUT2D eigenvalue weighted by Crippen LogP contribution is 2.42.